The van der Waals surface area contributed by atoms with Crippen molar-refractivity contribution in [3.63, 3.8) is 0 Å². The van der Waals surface area contributed by atoms with Crippen molar-refractivity contribution < 1.29 is 35.5 Å². The number of aromatic nitrogens is 1. The summed E-state index contributed by atoms with van der Waals surface area (Å²) < 4.78 is 95.0. The number of guanidine groups is 1. The highest BCUT2D eigenvalue weighted by atomic mass is 19.4. The molecule has 0 bridgehead atoms. The lowest BCUT2D eigenvalue weighted by Crippen LogP contribution is -2.65. The summed E-state index contributed by atoms with van der Waals surface area (Å²) >= 11 is 0. The number of ether oxygens (including phenoxy) is 1. The number of rotatable bonds is 5. The van der Waals surface area contributed by atoms with Crippen molar-refractivity contribution in [3.05, 3.63) is 23.9 Å². The molecule has 0 spiro atoms. The van der Waals surface area contributed by atoms with Gasteiger partial charge in [-0.3, -0.25) is 5.32 Å². The minimum absolute atomic E-state index is 0.129. The standard InChI is InChI=1S/C17H17F7N6O/c18-14(19)4-8(5-14)16(28-9-6-15(20,21)7-9)29-12(27-13(25)30-16)10-2-1-3-11(26-10)31-17(22,23)24/h1-3,8-9,28H,4-7H2,(H3,25,27,29,30). The van der Waals surface area contributed by atoms with Crippen LogP contribution < -0.4 is 21.1 Å². The van der Waals surface area contributed by atoms with E-state index in [2.05, 4.69) is 30.3 Å². The molecule has 1 atom stereocenters. The molecular weight excluding hydrogens is 437 g/mol. The highest BCUT2D eigenvalue weighted by molar-refractivity contribution is 6.08. The van der Waals surface area contributed by atoms with E-state index in [4.69, 9.17) is 5.73 Å². The lowest BCUT2D eigenvalue weighted by molar-refractivity contribution is -0.276. The lowest BCUT2D eigenvalue weighted by Gasteiger charge is -2.49. The van der Waals surface area contributed by atoms with Crippen LogP contribution in [0.25, 0.3) is 0 Å². The molecule has 1 aliphatic heterocycles. The second-order valence-corrected chi connectivity index (χ2v) is 7.78. The molecule has 7 nitrogen and oxygen atoms in total. The average molecular weight is 454 g/mol. The number of alkyl halides is 7. The Hall–Kier alpha value is -2.64. The van der Waals surface area contributed by atoms with Crippen molar-refractivity contribution >= 4 is 11.8 Å². The van der Waals surface area contributed by atoms with Gasteiger partial charge in [-0.15, -0.1) is 13.2 Å². The van der Waals surface area contributed by atoms with E-state index in [1.807, 2.05) is 0 Å². The summed E-state index contributed by atoms with van der Waals surface area (Å²) in [7, 11) is 0. The molecule has 3 aliphatic rings. The van der Waals surface area contributed by atoms with E-state index in [9.17, 15) is 30.7 Å². The molecule has 1 aromatic rings. The maximum atomic E-state index is 13.6. The zero-order chi connectivity index (χ0) is 22.7. The molecule has 2 saturated carbocycles. The average Bonchev–Trinajstić information content (AvgIpc) is 2.56. The van der Waals surface area contributed by atoms with Gasteiger partial charge in [-0.05, 0) is 6.07 Å². The Kier molecular flexibility index (Phi) is 4.83. The van der Waals surface area contributed by atoms with E-state index in [1.54, 1.807) is 0 Å². The first-order chi connectivity index (χ1) is 14.2. The van der Waals surface area contributed by atoms with E-state index in [-0.39, 0.29) is 17.5 Å². The molecular formula is C17H17F7N6O. The maximum Gasteiger partial charge on any atom is 0.574 e. The predicted octanol–water partition coefficient (Wildman–Crippen LogP) is 2.73. The van der Waals surface area contributed by atoms with Gasteiger partial charge in [0, 0.05) is 43.7 Å². The Bertz CT molecular complexity index is 918. The van der Waals surface area contributed by atoms with E-state index < -0.39 is 67.5 Å². The molecule has 2 heterocycles. The van der Waals surface area contributed by atoms with Crippen LogP contribution in [0.3, 0.4) is 0 Å². The quantitative estimate of drug-likeness (QED) is 0.595. The number of hydrogen-bond acceptors (Lipinski definition) is 7. The molecule has 14 heteroatoms. The van der Waals surface area contributed by atoms with Crippen LogP contribution in [0.2, 0.25) is 0 Å². The van der Waals surface area contributed by atoms with Crippen LogP contribution in [0.1, 0.15) is 31.4 Å². The van der Waals surface area contributed by atoms with Gasteiger partial charge in [-0.2, -0.15) is 0 Å². The largest absolute Gasteiger partial charge is 0.574 e. The number of nitrogens with zero attached hydrogens (tertiary/aromatic N) is 3. The fourth-order valence-corrected chi connectivity index (χ4v) is 3.77. The number of halogens is 7. The number of aliphatic imine (C=N–C) groups is 2. The van der Waals surface area contributed by atoms with Crippen molar-refractivity contribution in [1.82, 2.24) is 15.6 Å². The molecule has 2 fully saturated rings. The SMILES string of the molecule is NC1=NC(NC2CC(F)(F)C2)(C2CC(F)(F)C2)N=C(c2cccc(OC(F)(F)F)n2)N1. The molecule has 31 heavy (non-hydrogen) atoms. The number of amidine groups is 1. The fraction of sp³-hybridized carbons (Fsp3) is 0.588. The normalized spacial score (nSPS) is 28.0. The van der Waals surface area contributed by atoms with E-state index >= 15 is 0 Å². The molecule has 1 unspecified atom stereocenters. The summed E-state index contributed by atoms with van der Waals surface area (Å²) in [4.78, 5) is 12.1. The van der Waals surface area contributed by atoms with Gasteiger partial charge in [0.15, 0.2) is 11.8 Å². The van der Waals surface area contributed by atoms with Crippen LogP contribution in [0.15, 0.2) is 28.2 Å². The molecule has 2 aliphatic carbocycles. The van der Waals surface area contributed by atoms with Gasteiger partial charge in [0.2, 0.25) is 17.6 Å². The Morgan fingerprint density at radius 3 is 2.26 bits per heavy atom. The van der Waals surface area contributed by atoms with Crippen molar-refractivity contribution in [2.75, 3.05) is 0 Å². The van der Waals surface area contributed by atoms with Crippen molar-refractivity contribution in [2.45, 2.75) is 55.7 Å². The third-order valence-corrected chi connectivity index (χ3v) is 5.17. The molecule has 1 aromatic heterocycles. The number of nitrogens with two attached hydrogens (primary N) is 1. The van der Waals surface area contributed by atoms with E-state index in [0.29, 0.717) is 0 Å². The monoisotopic (exact) mass is 454 g/mol. The Balaban J connectivity index is 1.66. The topological polar surface area (TPSA) is 96.9 Å². The van der Waals surface area contributed by atoms with E-state index in [0.717, 1.165) is 6.07 Å². The van der Waals surface area contributed by atoms with Gasteiger partial charge in [0.25, 0.3) is 5.92 Å². The number of nitrogens with one attached hydrogen (secondary N) is 2. The summed E-state index contributed by atoms with van der Waals surface area (Å²) in [6, 6.07) is 2.73. The summed E-state index contributed by atoms with van der Waals surface area (Å²) in [5, 5.41) is 5.33. The van der Waals surface area contributed by atoms with Gasteiger partial charge in [-0.25, -0.2) is 32.5 Å². The van der Waals surface area contributed by atoms with Crippen LogP contribution in [0, 0.1) is 5.92 Å². The summed E-state index contributed by atoms with van der Waals surface area (Å²) in [5.74, 6) is -9.72. The van der Waals surface area contributed by atoms with Crippen LogP contribution in [-0.4, -0.2) is 46.8 Å². The number of hydrogen-bond donors (Lipinski definition) is 3. The number of pyridine rings is 1. The minimum Gasteiger partial charge on any atom is -0.388 e. The van der Waals surface area contributed by atoms with Crippen LogP contribution >= 0.6 is 0 Å². The first-order valence-electron chi connectivity index (χ1n) is 9.23. The molecule has 170 valence electrons. The zero-order valence-corrected chi connectivity index (χ0v) is 15.7. The molecule has 4 rings (SSSR count). The fourth-order valence-electron chi connectivity index (χ4n) is 3.77. The van der Waals surface area contributed by atoms with Crippen LogP contribution in [0.5, 0.6) is 5.88 Å². The molecule has 0 aromatic carbocycles. The van der Waals surface area contributed by atoms with Crippen molar-refractivity contribution in [2.24, 2.45) is 21.6 Å². The summed E-state index contributed by atoms with van der Waals surface area (Å²) in [6.07, 6.45) is -7.26. The second-order valence-electron chi connectivity index (χ2n) is 7.78. The zero-order valence-electron chi connectivity index (χ0n) is 15.7. The Labute approximate surface area is 171 Å². The van der Waals surface area contributed by atoms with Gasteiger partial charge in [0.05, 0.1) is 0 Å². The smallest absolute Gasteiger partial charge is 0.388 e. The van der Waals surface area contributed by atoms with Crippen LogP contribution in [0.4, 0.5) is 30.7 Å². The minimum atomic E-state index is -4.98. The third kappa shape index (κ3) is 4.67. The predicted molar refractivity (Wildman–Crippen MR) is 93.7 cm³/mol. The lowest BCUT2D eigenvalue weighted by atomic mass is 9.75. The highest BCUT2D eigenvalue weighted by Gasteiger charge is 2.59. The molecule has 0 amide bonds. The van der Waals surface area contributed by atoms with Gasteiger partial charge >= 0.3 is 6.36 Å². The summed E-state index contributed by atoms with van der Waals surface area (Å²) in [5.41, 5.74) is 5.67. The van der Waals surface area contributed by atoms with E-state index in [1.165, 1.54) is 12.1 Å². The second kappa shape index (κ2) is 6.93. The molecule has 0 radical (unpaired) electrons. The van der Waals surface area contributed by atoms with Crippen molar-refractivity contribution in [3.8, 4) is 5.88 Å². The van der Waals surface area contributed by atoms with Gasteiger partial charge in [0.1, 0.15) is 5.69 Å². The van der Waals surface area contributed by atoms with Gasteiger partial charge < -0.3 is 15.8 Å². The maximum absolute atomic E-state index is 13.6. The van der Waals surface area contributed by atoms with Crippen LogP contribution in [-0.2, 0) is 0 Å². The van der Waals surface area contributed by atoms with Gasteiger partial charge in [-0.1, -0.05) is 6.07 Å². The molecule has 0 saturated heterocycles. The van der Waals surface area contributed by atoms with Crippen molar-refractivity contribution in [1.29, 1.82) is 0 Å². The summed E-state index contributed by atoms with van der Waals surface area (Å²) in [6.45, 7) is 0. The Morgan fingerprint density at radius 1 is 1.03 bits per heavy atom. The Morgan fingerprint density at radius 2 is 1.68 bits per heavy atom. The highest BCUT2D eigenvalue weighted by Crippen LogP contribution is 2.50. The molecule has 4 N–H and O–H groups in total. The first-order valence-corrected chi connectivity index (χ1v) is 9.23. The first kappa shape index (κ1) is 21.6. The third-order valence-electron chi connectivity index (χ3n) is 5.17.